The number of rotatable bonds is 7. The number of carbonyl (C=O) groups is 1. The number of anilines is 1. The Labute approximate surface area is 188 Å². The molecule has 1 saturated heterocycles. The smallest absolute Gasteiger partial charge is 0.253 e. The van der Waals surface area contributed by atoms with Gasteiger partial charge in [-0.1, -0.05) is 30.3 Å². The second-order valence-electron chi connectivity index (χ2n) is 7.73. The molecule has 3 N–H and O–H groups in total. The Morgan fingerprint density at radius 2 is 1.83 bits per heavy atom. The van der Waals surface area contributed by atoms with Crippen molar-refractivity contribution >= 4 is 45.6 Å². The molecule has 1 aliphatic rings. The number of amides is 1. The lowest BCUT2D eigenvalue weighted by Crippen LogP contribution is -2.34. The first-order chi connectivity index (χ1) is 14.2. The van der Waals surface area contributed by atoms with Crippen molar-refractivity contribution in [3.63, 3.8) is 0 Å². The Bertz CT molecular complexity index is 969. The summed E-state index contributed by atoms with van der Waals surface area (Å²) < 4.78 is 6.05. The normalized spacial score (nSPS) is 15.1. The number of para-hydroxylation sites is 1. The van der Waals surface area contributed by atoms with E-state index in [4.69, 9.17) is 10.1 Å². The lowest BCUT2D eigenvalue weighted by molar-refractivity contribution is 0.0953. The Kier molecular flexibility index (Phi) is 8.08. The van der Waals surface area contributed by atoms with Gasteiger partial charge >= 0.3 is 0 Å². The molecule has 0 aliphatic carbocycles. The minimum absolute atomic E-state index is 0. The summed E-state index contributed by atoms with van der Waals surface area (Å²) in [6.45, 7) is 4.04. The lowest BCUT2D eigenvalue weighted by atomic mass is 9.91. The third-order valence-corrected chi connectivity index (χ3v) is 6.61. The van der Waals surface area contributed by atoms with Crippen molar-refractivity contribution in [3.05, 3.63) is 59.8 Å². The number of aromatic nitrogens is 1. The van der Waals surface area contributed by atoms with Crippen molar-refractivity contribution in [2.24, 2.45) is 0 Å². The van der Waals surface area contributed by atoms with E-state index in [1.54, 1.807) is 23.7 Å². The van der Waals surface area contributed by atoms with Gasteiger partial charge in [0.15, 0.2) is 0 Å². The Hall–Kier alpha value is -2.15. The summed E-state index contributed by atoms with van der Waals surface area (Å²) in [5.74, 6) is 0.498. The summed E-state index contributed by atoms with van der Waals surface area (Å²) in [6.07, 6.45) is 4.43. The largest absolute Gasteiger partial charge is 0.398 e. The van der Waals surface area contributed by atoms with Crippen molar-refractivity contribution in [2.75, 3.05) is 31.9 Å². The summed E-state index contributed by atoms with van der Waals surface area (Å²) in [6, 6.07) is 15.8. The number of nitrogens with zero attached hydrogens (tertiary/aromatic N) is 2. The number of nitrogen functional groups attached to an aromatic ring is 1. The van der Waals surface area contributed by atoms with Crippen molar-refractivity contribution in [1.29, 1.82) is 0 Å². The van der Waals surface area contributed by atoms with E-state index in [1.165, 1.54) is 28.6 Å². The van der Waals surface area contributed by atoms with Crippen LogP contribution in [0, 0.1) is 0 Å². The quantitative estimate of drug-likeness (QED) is 0.409. The predicted molar refractivity (Wildman–Crippen MR) is 128 cm³/mol. The van der Waals surface area contributed by atoms with Crippen LogP contribution in [0.5, 0.6) is 0 Å². The van der Waals surface area contributed by atoms with Gasteiger partial charge in [0.2, 0.25) is 0 Å². The Morgan fingerprint density at radius 3 is 2.63 bits per heavy atom. The van der Waals surface area contributed by atoms with E-state index in [2.05, 4.69) is 34.5 Å². The van der Waals surface area contributed by atoms with Crippen LogP contribution in [0.25, 0.3) is 10.1 Å². The van der Waals surface area contributed by atoms with Crippen LogP contribution in [0.4, 0.5) is 5.69 Å². The van der Waals surface area contributed by atoms with Crippen LogP contribution in [0.1, 0.15) is 47.7 Å². The molecule has 4 rings (SSSR count). The third kappa shape index (κ3) is 5.31. The first kappa shape index (κ1) is 22.5. The molecule has 1 aliphatic heterocycles. The predicted octanol–water partition coefficient (Wildman–Crippen LogP) is 4.69. The molecule has 0 atom stereocenters. The number of hydrogen-bond donors (Lipinski definition) is 2. The fraction of sp³-hybridized carbons (Fsp3) is 0.391. The first-order valence-electron chi connectivity index (χ1n) is 10.4. The average molecular weight is 445 g/mol. The lowest BCUT2D eigenvalue weighted by Gasteiger charge is -2.31. The number of hydrogen-bond acceptors (Lipinski definition) is 5. The van der Waals surface area contributed by atoms with Gasteiger partial charge in [0, 0.05) is 23.5 Å². The summed E-state index contributed by atoms with van der Waals surface area (Å²) in [7, 11) is 0. The maximum absolute atomic E-state index is 12.2. The van der Waals surface area contributed by atoms with Gasteiger partial charge in [-0.15, -0.1) is 12.4 Å². The minimum Gasteiger partial charge on any atom is -0.398 e. The van der Waals surface area contributed by atoms with E-state index in [9.17, 15) is 4.79 Å². The number of fused-ring (bicyclic) bond motifs is 1. The van der Waals surface area contributed by atoms with Crippen LogP contribution in [0.3, 0.4) is 0 Å². The van der Waals surface area contributed by atoms with Crippen LogP contribution in [-0.2, 0) is 0 Å². The molecule has 1 aromatic heterocycles. The van der Waals surface area contributed by atoms with Gasteiger partial charge in [-0.3, -0.25) is 4.79 Å². The molecule has 0 radical (unpaired) electrons. The summed E-state index contributed by atoms with van der Waals surface area (Å²) in [5.41, 5.74) is 8.24. The molecule has 5 nitrogen and oxygen atoms in total. The van der Waals surface area contributed by atoms with E-state index in [0.717, 1.165) is 32.5 Å². The molecule has 160 valence electrons. The van der Waals surface area contributed by atoms with E-state index in [0.29, 0.717) is 23.7 Å². The molecule has 3 aromatic rings. The standard InChI is InChI=1S/C23H28N4OS.ClH/c24-20-9-3-1-7-18(20)23(28)25-13-5-6-14-27-15-11-17(12-16-27)22-19-8-2-4-10-21(19)29-26-22;/h1-4,7-10,17H,5-6,11-16,24H2,(H,25,28);1H. The van der Waals surface area contributed by atoms with Gasteiger partial charge < -0.3 is 16.0 Å². The number of unbranched alkanes of at least 4 members (excludes halogenated alkanes) is 1. The molecular formula is C23H29ClN4OS. The van der Waals surface area contributed by atoms with Crippen LogP contribution in [0.15, 0.2) is 48.5 Å². The van der Waals surface area contributed by atoms with Crippen molar-refractivity contribution in [2.45, 2.75) is 31.6 Å². The van der Waals surface area contributed by atoms with E-state index < -0.39 is 0 Å². The van der Waals surface area contributed by atoms with E-state index in [1.807, 2.05) is 12.1 Å². The molecule has 0 spiro atoms. The molecule has 0 bridgehead atoms. The molecule has 2 aromatic carbocycles. The topological polar surface area (TPSA) is 71.2 Å². The number of likely N-dealkylation sites (tertiary alicyclic amines) is 1. The maximum Gasteiger partial charge on any atom is 0.253 e. The van der Waals surface area contributed by atoms with Crippen LogP contribution >= 0.6 is 23.9 Å². The summed E-state index contributed by atoms with van der Waals surface area (Å²) in [4.78, 5) is 14.7. The van der Waals surface area contributed by atoms with E-state index >= 15 is 0 Å². The van der Waals surface area contributed by atoms with Gasteiger partial charge in [-0.25, -0.2) is 0 Å². The highest BCUT2D eigenvalue weighted by atomic mass is 35.5. The molecule has 7 heteroatoms. The van der Waals surface area contributed by atoms with Crippen molar-refractivity contribution in [3.8, 4) is 0 Å². The molecule has 1 fully saturated rings. The number of carbonyl (C=O) groups excluding carboxylic acids is 1. The minimum atomic E-state index is -0.0839. The highest BCUT2D eigenvalue weighted by Gasteiger charge is 2.23. The number of benzene rings is 2. The zero-order chi connectivity index (χ0) is 20.1. The van der Waals surface area contributed by atoms with Gasteiger partial charge in [0.1, 0.15) is 0 Å². The molecule has 1 amide bonds. The summed E-state index contributed by atoms with van der Waals surface area (Å²) >= 11 is 1.62. The highest BCUT2D eigenvalue weighted by molar-refractivity contribution is 7.13. The number of nitrogens with two attached hydrogens (primary N) is 1. The van der Waals surface area contributed by atoms with Crippen molar-refractivity contribution < 1.29 is 4.79 Å². The van der Waals surface area contributed by atoms with Crippen LogP contribution in [0.2, 0.25) is 0 Å². The monoisotopic (exact) mass is 444 g/mol. The van der Waals surface area contributed by atoms with Gasteiger partial charge in [0.25, 0.3) is 5.91 Å². The third-order valence-electron chi connectivity index (χ3n) is 5.77. The van der Waals surface area contributed by atoms with Crippen molar-refractivity contribution in [1.82, 2.24) is 14.6 Å². The number of halogens is 1. The second-order valence-corrected chi connectivity index (χ2v) is 8.54. The van der Waals surface area contributed by atoms with Gasteiger partial charge in [-0.05, 0) is 75.0 Å². The molecule has 0 saturated carbocycles. The maximum atomic E-state index is 12.2. The average Bonchev–Trinajstić information content (AvgIpc) is 3.18. The van der Waals surface area contributed by atoms with E-state index in [-0.39, 0.29) is 18.3 Å². The zero-order valence-corrected chi connectivity index (χ0v) is 18.7. The van der Waals surface area contributed by atoms with Gasteiger partial charge in [-0.2, -0.15) is 4.37 Å². The SMILES string of the molecule is Cl.Nc1ccccc1C(=O)NCCCCN1CCC(c2nsc3ccccc23)CC1. The van der Waals surface area contributed by atoms with Crippen LogP contribution in [-0.4, -0.2) is 41.4 Å². The molecule has 2 heterocycles. The molecule has 0 unspecified atom stereocenters. The van der Waals surface area contributed by atoms with Crippen LogP contribution < -0.4 is 11.1 Å². The fourth-order valence-electron chi connectivity index (χ4n) is 4.09. The number of nitrogens with one attached hydrogen (secondary N) is 1. The first-order valence-corrected chi connectivity index (χ1v) is 11.2. The Balaban J connectivity index is 0.00000256. The summed E-state index contributed by atoms with van der Waals surface area (Å²) in [5, 5.41) is 4.31. The fourth-order valence-corrected chi connectivity index (χ4v) is 4.95. The molecular weight excluding hydrogens is 416 g/mol. The van der Waals surface area contributed by atoms with Gasteiger partial charge in [0.05, 0.1) is 16.0 Å². The molecule has 30 heavy (non-hydrogen) atoms. The highest BCUT2D eigenvalue weighted by Crippen LogP contribution is 2.34. The zero-order valence-electron chi connectivity index (χ0n) is 17.0. The second kappa shape index (κ2) is 10.8. The Morgan fingerprint density at radius 1 is 1.10 bits per heavy atom. The number of piperidine rings is 1.